The summed E-state index contributed by atoms with van der Waals surface area (Å²) in [5, 5.41) is 2.57. The van der Waals surface area contributed by atoms with Crippen LogP contribution in [0.25, 0.3) is 0 Å². The topological polar surface area (TPSA) is 79.6 Å². The first-order valence-electron chi connectivity index (χ1n) is 5.29. The van der Waals surface area contributed by atoms with E-state index >= 15 is 0 Å². The van der Waals surface area contributed by atoms with E-state index < -0.39 is 0 Å². The second kappa shape index (κ2) is 4.82. The first kappa shape index (κ1) is 11.4. The van der Waals surface area contributed by atoms with Crippen molar-refractivity contribution >= 4 is 17.7 Å². The van der Waals surface area contributed by atoms with Gasteiger partial charge in [0.25, 0.3) is 0 Å². The van der Waals surface area contributed by atoms with Crippen molar-refractivity contribution < 1.29 is 18.8 Å². The number of nitrogens with zero attached hydrogens (tertiary/aromatic N) is 1. The summed E-state index contributed by atoms with van der Waals surface area (Å²) in [6.07, 6.45) is 1.91. The summed E-state index contributed by atoms with van der Waals surface area (Å²) in [5.74, 6) is -0.325. The Morgan fingerprint density at radius 3 is 2.65 bits per heavy atom. The highest BCUT2D eigenvalue weighted by Crippen LogP contribution is 2.10. The van der Waals surface area contributed by atoms with Crippen LogP contribution in [0, 0.1) is 0 Å². The Bertz CT molecular complexity index is 422. The highest BCUT2D eigenvalue weighted by molar-refractivity contribution is 6.04. The molecule has 0 bridgehead atoms. The molecule has 6 nitrogen and oxygen atoms in total. The van der Waals surface area contributed by atoms with Crippen LogP contribution in [-0.4, -0.2) is 29.2 Å². The third kappa shape index (κ3) is 2.72. The van der Waals surface area contributed by atoms with Crippen LogP contribution in [0.15, 0.2) is 22.8 Å². The van der Waals surface area contributed by atoms with E-state index in [-0.39, 0.29) is 43.7 Å². The minimum atomic E-state index is -0.370. The number of carbonyl (C=O) groups excluding carboxylic acids is 3. The standard InChI is InChI=1S/C11H12N2O4/c14-9(12-6-8-2-1-5-17-8)7-13-10(15)3-4-11(13)16/h1-2,5H,3-4,6-7H2,(H,12,14). The predicted molar refractivity (Wildman–Crippen MR) is 56.5 cm³/mol. The van der Waals surface area contributed by atoms with Crippen LogP contribution in [0.4, 0.5) is 0 Å². The molecular formula is C11H12N2O4. The van der Waals surface area contributed by atoms with E-state index in [0.717, 1.165) is 4.90 Å². The fourth-order valence-corrected chi connectivity index (χ4v) is 1.60. The van der Waals surface area contributed by atoms with Crippen LogP contribution in [0.3, 0.4) is 0 Å². The molecule has 0 unspecified atom stereocenters. The number of rotatable bonds is 4. The number of furan rings is 1. The maximum Gasteiger partial charge on any atom is 0.240 e. The quantitative estimate of drug-likeness (QED) is 0.749. The normalized spacial score (nSPS) is 15.4. The number of likely N-dealkylation sites (tertiary alicyclic amines) is 1. The number of nitrogens with one attached hydrogen (secondary N) is 1. The maximum atomic E-state index is 11.5. The van der Waals surface area contributed by atoms with Crippen LogP contribution in [0.5, 0.6) is 0 Å². The Morgan fingerprint density at radius 2 is 2.06 bits per heavy atom. The van der Waals surface area contributed by atoms with Crippen LogP contribution in [0.1, 0.15) is 18.6 Å². The molecule has 1 N–H and O–H groups in total. The molecule has 90 valence electrons. The Labute approximate surface area is 97.6 Å². The van der Waals surface area contributed by atoms with E-state index in [0.29, 0.717) is 5.76 Å². The van der Waals surface area contributed by atoms with Gasteiger partial charge in [-0.1, -0.05) is 0 Å². The van der Waals surface area contributed by atoms with Crippen LogP contribution < -0.4 is 5.32 Å². The lowest BCUT2D eigenvalue weighted by atomic mass is 10.4. The van der Waals surface area contributed by atoms with Crippen molar-refractivity contribution in [1.29, 1.82) is 0 Å². The molecule has 1 aliphatic heterocycles. The molecule has 0 radical (unpaired) electrons. The molecule has 1 saturated heterocycles. The van der Waals surface area contributed by atoms with Crippen molar-refractivity contribution in [2.45, 2.75) is 19.4 Å². The number of amides is 3. The number of hydrogen-bond acceptors (Lipinski definition) is 4. The zero-order valence-corrected chi connectivity index (χ0v) is 9.14. The number of hydrogen-bond donors (Lipinski definition) is 1. The summed E-state index contributed by atoms with van der Waals surface area (Å²) in [7, 11) is 0. The van der Waals surface area contributed by atoms with E-state index in [1.165, 1.54) is 6.26 Å². The molecule has 0 atom stereocenters. The Morgan fingerprint density at radius 1 is 1.35 bits per heavy atom. The third-order valence-corrected chi connectivity index (χ3v) is 2.50. The van der Waals surface area contributed by atoms with Gasteiger partial charge < -0.3 is 9.73 Å². The Kier molecular flexibility index (Phi) is 3.22. The van der Waals surface area contributed by atoms with Gasteiger partial charge in [-0.2, -0.15) is 0 Å². The number of carbonyl (C=O) groups is 3. The van der Waals surface area contributed by atoms with Gasteiger partial charge in [-0.25, -0.2) is 0 Å². The van der Waals surface area contributed by atoms with Crippen molar-refractivity contribution in [3.05, 3.63) is 24.2 Å². The van der Waals surface area contributed by atoms with Crippen molar-refractivity contribution in [2.75, 3.05) is 6.54 Å². The van der Waals surface area contributed by atoms with Crippen molar-refractivity contribution in [1.82, 2.24) is 10.2 Å². The summed E-state index contributed by atoms with van der Waals surface area (Å²) in [5.41, 5.74) is 0. The second-order valence-corrected chi connectivity index (χ2v) is 3.73. The summed E-state index contributed by atoms with van der Waals surface area (Å²) in [4.78, 5) is 35.0. The first-order valence-corrected chi connectivity index (χ1v) is 5.29. The monoisotopic (exact) mass is 236 g/mol. The Hall–Kier alpha value is -2.11. The highest BCUT2D eigenvalue weighted by atomic mass is 16.3. The van der Waals surface area contributed by atoms with E-state index in [2.05, 4.69) is 5.32 Å². The smallest absolute Gasteiger partial charge is 0.240 e. The van der Waals surface area contributed by atoms with Crippen molar-refractivity contribution in [3.8, 4) is 0 Å². The zero-order valence-electron chi connectivity index (χ0n) is 9.14. The molecule has 2 rings (SSSR count). The minimum Gasteiger partial charge on any atom is -0.467 e. The van der Waals surface area contributed by atoms with Gasteiger partial charge in [-0.15, -0.1) is 0 Å². The molecule has 2 heterocycles. The summed E-state index contributed by atoms with van der Waals surface area (Å²) in [6, 6.07) is 3.45. The number of imide groups is 1. The average Bonchev–Trinajstić information content (AvgIpc) is 2.91. The molecule has 17 heavy (non-hydrogen) atoms. The van der Waals surface area contributed by atoms with Crippen LogP contribution in [-0.2, 0) is 20.9 Å². The molecule has 0 aromatic carbocycles. The molecule has 6 heteroatoms. The molecule has 1 aliphatic rings. The largest absolute Gasteiger partial charge is 0.467 e. The maximum absolute atomic E-state index is 11.5. The van der Waals surface area contributed by atoms with Gasteiger partial charge in [0.05, 0.1) is 12.8 Å². The lowest BCUT2D eigenvalue weighted by molar-refractivity contribution is -0.142. The van der Waals surface area contributed by atoms with Gasteiger partial charge in [0.1, 0.15) is 12.3 Å². The van der Waals surface area contributed by atoms with Crippen LogP contribution >= 0.6 is 0 Å². The van der Waals surface area contributed by atoms with Gasteiger partial charge in [-0.05, 0) is 12.1 Å². The van der Waals surface area contributed by atoms with Gasteiger partial charge in [0.15, 0.2) is 0 Å². The fraction of sp³-hybridized carbons (Fsp3) is 0.364. The van der Waals surface area contributed by atoms with Gasteiger partial charge in [0, 0.05) is 12.8 Å². The van der Waals surface area contributed by atoms with E-state index in [9.17, 15) is 14.4 Å². The van der Waals surface area contributed by atoms with Gasteiger partial charge in [0.2, 0.25) is 17.7 Å². The Balaban J connectivity index is 1.81. The predicted octanol–water partition coefficient (Wildman–Crippen LogP) is 0.0448. The highest BCUT2D eigenvalue weighted by Gasteiger charge is 2.30. The third-order valence-electron chi connectivity index (χ3n) is 2.50. The lowest BCUT2D eigenvalue weighted by Gasteiger charge is -2.12. The molecule has 0 spiro atoms. The molecular weight excluding hydrogens is 224 g/mol. The molecule has 1 aromatic rings. The van der Waals surface area contributed by atoms with Gasteiger partial charge in [-0.3, -0.25) is 19.3 Å². The van der Waals surface area contributed by atoms with E-state index in [1.54, 1.807) is 12.1 Å². The molecule has 0 aliphatic carbocycles. The molecule has 1 aromatic heterocycles. The summed E-state index contributed by atoms with van der Waals surface area (Å²) >= 11 is 0. The summed E-state index contributed by atoms with van der Waals surface area (Å²) < 4.78 is 5.03. The zero-order chi connectivity index (χ0) is 12.3. The fourth-order valence-electron chi connectivity index (χ4n) is 1.60. The first-order chi connectivity index (χ1) is 8.16. The molecule has 1 fully saturated rings. The van der Waals surface area contributed by atoms with Crippen molar-refractivity contribution in [3.63, 3.8) is 0 Å². The van der Waals surface area contributed by atoms with E-state index in [4.69, 9.17) is 4.42 Å². The lowest BCUT2D eigenvalue weighted by Crippen LogP contribution is -2.39. The summed E-state index contributed by atoms with van der Waals surface area (Å²) in [6.45, 7) is 0.0421. The molecule has 3 amide bonds. The second-order valence-electron chi connectivity index (χ2n) is 3.73. The van der Waals surface area contributed by atoms with Gasteiger partial charge >= 0.3 is 0 Å². The van der Waals surface area contributed by atoms with E-state index in [1.807, 2.05) is 0 Å². The van der Waals surface area contributed by atoms with Crippen LogP contribution in [0.2, 0.25) is 0 Å². The SMILES string of the molecule is O=C(CN1C(=O)CCC1=O)NCc1ccco1. The van der Waals surface area contributed by atoms with Crippen molar-refractivity contribution in [2.24, 2.45) is 0 Å². The minimum absolute atomic E-state index is 0.199. The average molecular weight is 236 g/mol. The molecule has 0 saturated carbocycles.